The molecule has 2 aromatic rings. The summed E-state index contributed by atoms with van der Waals surface area (Å²) in [6.07, 6.45) is 4.85. The molecule has 0 saturated heterocycles. The quantitative estimate of drug-likeness (QED) is 0.638. The van der Waals surface area contributed by atoms with Crippen LogP contribution in [0.25, 0.3) is 0 Å². The van der Waals surface area contributed by atoms with Gasteiger partial charge in [0.1, 0.15) is 22.8 Å². The van der Waals surface area contributed by atoms with Crippen molar-refractivity contribution < 1.29 is 9.47 Å². The topological polar surface area (TPSA) is 47.9 Å². The maximum Gasteiger partial charge on any atom is 0.129 e. The third-order valence-corrected chi connectivity index (χ3v) is 5.73. The number of nitroso groups, excluding NO2 is 1. The van der Waals surface area contributed by atoms with E-state index in [0.29, 0.717) is 12.3 Å². The summed E-state index contributed by atoms with van der Waals surface area (Å²) in [5, 5.41) is 3.31. The van der Waals surface area contributed by atoms with Crippen LogP contribution in [0.4, 0.5) is 5.69 Å². The van der Waals surface area contributed by atoms with Crippen LogP contribution in [-0.2, 0) is 19.3 Å². The highest BCUT2D eigenvalue weighted by atomic mass is 16.5. The van der Waals surface area contributed by atoms with Gasteiger partial charge in [0, 0.05) is 11.5 Å². The normalized spacial score (nSPS) is 20.0. The van der Waals surface area contributed by atoms with Gasteiger partial charge in [-0.2, -0.15) is 0 Å². The summed E-state index contributed by atoms with van der Waals surface area (Å²) in [5.74, 6) is 2.09. The van der Waals surface area contributed by atoms with Gasteiger partial charge in [0.05, 0.1) is 6.61 Å². The van der Waals surface area contributed by atoms with E-state index in [4.69, 9.17) is 9.47 Å². The molecule has 2 aliphatic rings. The Morgan fingerprint density at radius 2 is 2.07 bits per heavy atom. The SMILES string of the molecule is CCCc1ccc([C@@H]2COc3c(ccc4c3CCC(C)(C)O4)C2)c(N=O)c1. The Hall–Kier alpha value is -2.36. The fourth-order valence-electron chi connectivity index (χ4n) is 4.27. The van der Waals surface area contributed by atoms with Gasteiger partial charge < -0.3 is 9.47 Å². The van der Waals surface area contributed by atoms with E-state index >= 15 is 0 Å². The average molecular weight is 365 g/mol. The molecule has 142 valence electrons. The van der Waals surface area contributed by atoms with E-state index in [-0.39, 0.29) is 11.5 Å². The van der Waals surface area contributed by atoms with Crippen LogP contribution in [0.2, 0.25) is 0 Å². The first-order valence-corrected chi connectivity index (χ1v) is 9.93. The predicted octanol–water partition coefficient (Wildman–Crippen LogP) is 5.86. The van der Waals surface area contributed by atoms with E-state index in [2.05, 4.69) is 50.2 Å². The molecule has 4 heteroatoms. The fraction of sp³-hybridized carbons (Fsp3) is 0.478. The Morgan fingerprint density at radius 1 is 1.22 bits per heavy atom. The first kappa shape index (κ1) is 18.0. The number of hydrogen-bond donors (Lipinski definition) is 0. The second-order valence-electron chi connectivity index (χ2n) is 8.34. The molecule has 0 bridgehead atoms. The van der Waals surface area contributed by atoms with E-state index in [1.54, 1.807) is 0 Å². The zero-order chi connectivity index (χ0) is 19.0. The second kappa shape index (κ2) is 6.99. The Kier molecular flexibility index (Phi) is 4.67. The van der Waals surface area contributed by atoms with Crippen LogP contribution in [0.5, 0.6) is 11.5 Å². The molecule has 27 heavy (non-hydrogen) atoms. The molecule has 0 N–H and O–H groups in total. The molecule has 4 rings (SSSR count). The largest absolute Gasteiger partial charge is 0.492 e. The molecule has 0 saturated carbocycles. The number of ether oxygens (including phenoxy) is 2. The van der Waals surface area contributed by atoms with Crippen molar-refractivity contribution in [3.8, 4) is 11.5 Å². The van der Waals surface area contributed by atoms with Gasteiger partial charge in [0.2, 0.25) is 0 Å². The molecule has 0 unspecified atom stereocenters. The van der Waals surface area contributed by atoms with Crippen molar-refractivity contribution in [1.82, 2.24) is 0 Å². The van der Waals surface area contributed by atoms with Crippen molar-refractivity contribution in [2.75, 3.05) is 6.61 Å². The van der Waals surface area contributed by atoms with Gasteiger partial charge >= 0.3 is 0 Å². The number of benzene rings is 2. The number of hydrogen-bond acceptors (Lipinski definition) is 4. The van der Waals surface area contributed by atoms with E-state index < -0.39 is 0 Å². The number of aryl methyl sites for hydroxylation is 1. The number of fused-ring (bicyclic) bond motifs is 3. The Morgan fingerprint density at radius 3 is 2.85 bits per heavy atom. The third-order valence-electron chi connectivity index (χ3n) is 5.73. The van der Waals surface area contributed by atoms with Crippen molar-refractivity contribution >= 4 is 5.69 Å². The zero-order valence-electron chi connectivity index (χ0n) is 16.4. The number of rotatable bonds is 4. The molecule has 1 atom stereocenters. The molecule has 0 spiro atoms. The second-order valence-corrected chi connectivity index (χ2v) is 8.34. The van der Waals surface area contributed by atoms with Crippen molar-refractivity contribution in [3.63, 3.8) is 0 Å². The van der Waals surface area contributed by atoms with Gasteiger partial charge in [-0.25, -0.2) is 0 Å². The fourth-order valence-corrected chi connectivity index (χ4v) is 4.27. The van der Waals surface area contributed by atoms with Gasteiger partial charge in [-0.1, -0.05) is 31.5 Å². The molecule has 0 radical (unpaired) electrons. The predicted molar refractivity (Wildman–Crippen MR) is 107 cm³/mol. The Balaban J connectivity index is 1.62. The van der Waals surface area contributed by atoms with Crippen molar-refractivity contribution in [2.24, 2.45) is 5.18 Å². The van der Waals surface area contributed by atoms with E-state index in [1.165, 1.54) is 16.7 Å². The van der Waals surface area contributed by atoms with Gasteiger partial charge in [0.15, 0.2) is 0 Å². The monoisotopic (exact) mass is 365 g/mol. The van der Waals surface area contributed by atoms with E-state index in [0.717, 1.165) is 49.2 Å². The zero-order valence-corrected chi connectivity index (χ0v) is 16.4. The maximum atomic E-state index is 11.4. The summed E-state index contributed by atoms with van der Waals surface area (Å²) in [7, 11) is 0. The maximum absolute atomic E-state index is 11.4. The standard InChI is InChI=1S/C23H27NO3/c1-4-5-15-6-8-18(20(12-15)24-25)17-13-16-7-9-21-19(22(16)26-14-17)10-11-23(2,3)27-21/h6-9,12,17H,4-5,10-11,13-14H2,1-3H3/t17-/m0/s1. The highest BCUT2D eigenvalue weighted by molar-refractivity contribution is 5.55. The lowest BCUT2D eigenvalue weighted by Crippen LogP contribution is -2.33. The molecular formula is C23H27NO3. The van der Waals surface area contributed by atoms with Crippen LogP contribution >= 0.6 is 0 Å². The van der Waals surface area contributed by atoms with Crippen LogP contribution < -0.4 is 9.47 Å². The Labute approximate surface area is 160 Å². The third kappa shape index (κ3) is 3.45. The van der Waals surface area contributed by atoms with Crippen LogP contribution in [-0.4, -0.2) is 12.2 Å². The van der Waals surface area contributed by atoms with Crippen LogP contribution in [0, 0.1) is 4.91 Å². The van der Waals surface area contributed by atoms with E-state index in [1.807, 2.05) is 6.07 Å². The summed E-state index contributed by atoms with van der Waals surface area (Å²) in [6.45, 7) is 6.96. The molecule has 2 aliphatic heterocycles. The smallest absolute Gasteiger partial charge is 0.129 e. The molecule has 0 aliphatic carbocycles. The summed E-state index contributed by atoms with van der Waals surface area (Å²) in [6, 6.07) is 10.3. The highest BCUT2D eigenvalue weighted by Crippen LogP contribution is 2.44. The molecule has 2 heterocycles. The molecular weight excluding hydrogens is 338 g/mol. The minimum Gasteiger partial charge on any atom is -0.492 e. The van der Waals surface area contributed by atoms with E-state index in [9.17, 15) is 4.91 Å². The molecule has 4 nitrogen and oxygen atoms in total. The Bertz CT molecular complexity index is 872. The first-order chi connectivity index (χ1) is 13.0. The minimum atomic E-state index is -0.122. The lowest BCUT2D eigenvalue weighted by Gasteiger charge is -2.35. The minimum absolute atomic E-state index is 0.122. The van der Waals surface area contributed by atoms with Crippen molar-refractivity contribution in [1.29, 1.82) is 0 Å². The number of nitrogens with zero attached hydrogens (tertiary/aromatic N) is 1. The lowest BCUT2D eigenvalue weighted by atomic mass is 9.85. The summed E-state index contributed by atoms with van der Waals surface area (Å²) in [4.78, 5) is 11.4. The summed E-state index contributed by atoms with van der Waals surface area (Å²) < 4.78 is 12.3. The molecule has 0 amide bonds. The van der Waals surface area contributed by atoms with Crippen LogP contribution in [0.1, 0.15) is 61.8 Å². The van der Waals surface area contributed by atoms with Crippen molar-refractivity contribution in [2.45, 2.75) is 64.4 Å². The van der Waals surface area contributed by atoms with Gasteiger partial charge in [-0.05, 0) is 73.5 Å². The van der Waals surface area contributed by atoms with Gasteiger partial charge in [-0.3, -0.25) is 0 Å². The van der Waals surface area contributed by atoms with Crippen molar-refractivity contribution in [3.05, 3.63) is 57.5 Å². The molecule has 2 aromatic carbocycles. The summed E-state index contributed by atoms with van der Waals surface area (Å²) in [5.41, 5.74) is 4.98. The highest BCUT2D eigenvalue weighted by Gasteiger charge is 2.32. The molecule has 0 fully saturated rings. The van der Waals surface area contributed by atoms with Crippen LogP contribution in [0.15, 0.2) is 35.5 Å². The average Bonchev–Trinajstić information content (AvgIpc) is 2.66. The van der Waals surface area contributed by atoms with Gasteiger partial charge in [-0.15, -0.1) is 4.91 Å². The molecule has 0 aromatic heterocycles. The lowest BCUT2D eigenvalue weighted by molar-refractivity contribution is 0.0827. The van der Waals surface area contributed by atoms with Gasteiger partial charge in [0.25, 0.3) is 0 Å². The van der Waals surface area contributed by atoms with Crippen LogP contribution in [0.3, 0.4) is 0 Å². The first-order valence-electron chi connectivity index (χ1n) is 9.93. The summed E-state index contributed by atoms with van der Waals surface area (Å²) >= 11 is 0.